The molecule has 0 unspecified atom stereocenters. The van der Waals surface area contributed by atoms with Gasteiger partial charge in [-0.15, -0.1) is 0 Å². The summed E-state index contributed by atoms with van der Waals surface area (Å²) in [4.78, 5) is 76.8. The van der Waals surface area contributed by atoms with E-state index in [1.165, 1.54) is 24.0 Å². The first-order valence-corrected chi connectivity index (χ1v) is 18.9. The number of amides is 2. The number of carbonyl (C=O) groups is 6. The van der Waals surface area contributed by atoms with Crippen molar-refractivity contribution in [1.29, 1.82) is 0 Å². The van der Waals surface area contributed by atoms with E-state index in [1.54, 1.807) is 32.9 Å². The number of hydrogen-bond donors (Lipinski definition) is 6. The Bertz CT molecular complexity index is 2100. The molecule has 3 aromatic rings. The van der Waals surface area contributed by atoms with Gasteiger partial charge in [0, 0.05) is 42.2 Å². The Morgan fingerprint density at radius 1 is 0.898 bits per heavy atom. The van der Waals surface area contributed by atoms with Crippen LogP contribution in [0.3, 0.4) is 0 Å². The lowest BCUT2D eigenvalue weighted by molar-refractivity contribution is -0.233. The average molecular weight is 824 g/mol. The van der Waals surface area contributed by atoms with Gasteiger partial charge in [-0.1, -0.05) is 30.3 Å². The van der Waals surface area contributed by atoms with Gasteiger partial charge in [0.2, 0.25) is 12.2 Å². The number of aliphatic hydroxyl groups is 1. The van der Waals surface area contributed by atoms with Crippen LogP contribution in [0, 0.1) is 17.8 Å². The lowest BCUT2D eigenvalue weighted by Crippen LogP contribution is -2.54. The minimum absolute atomic E-state index is 0.0526. The van der Waals surface area contributed by atoms with E-state index >= 15 is 0 Å². The van der Waals surface area contributed by atoms with Crippen molar-refractivity contribution in [3.05, 3.63) is 59.7 Å². The second-order valence-electron chi connectivity index (χ2n) is 15.6. The monoisotopic (exact) mass is 823 g/mol. The van der Waals surface area contributed by atoms with Gasteiger partial charge in [0.1, 0.15) is 23.7 Å². The molecule has 2 aliphatic rings. The number of nitrogens with one attached hydrogen (secondary N) is 1. The van der Waals surface area contributed by atoms with E-state index in [0.29, 0.717) is 22.4 Å². The van der Waals surface area contributed by atoms with E-state index < -0.39 is 103 Å². The number of aliphatic carboxylic acids is 3. The van der Waals surface area contributed by atoms with E-state index in [0.717, 1.165) is 18.1 Å². The molecule has 2 amide bonds. The third-order valence-electron chi connectivity index (χ3n) is 10.1. The number of carbonyl (C=O) groups excluding carboxylic acids is 3. The molecule has 2 heterocycles. The number of carboxylic acid groups (broad SMARTS) is 3. The molecular formula is C41H49N3O15. The molecule has 2 aliphatic heterocycles. The summed E-state index contributed by atoms with van der Waals surface area (Å²) in [6, 6.07) is 12.6. The average Bonchev–Trinajstić information content (AvgIpc) is 3.54. The summed E-state index contributed by atoms with van der Waals surface area (Å²) in [6.07, 6.45) is -6.12. The van der Waals surface area contributed by atoms with Gasteiger partial charge in [0.15, 0.2) is 6.10 Å². The van der Waals surface area contributed by atoms with Crippen LogP contribution in [0.4, 0.5) is 16.2 Å². The summed E-state index contributed by atoms with van der Waals surface area (Å²) in [7, 11) is 1.03. The number of hydrogen-bond acceptors (Lipinski definition) is 13. The molecule has 18 nitrogen and oxygen atoms in total. The van der Waals surface area contributed by atoms with Crippen molar-refractivity contribution in [2.45, 2.75) is 83.5 Å². The van der Waals surface area contributed by atoms with Crippen LogP contribution in [0.2, 0.25) is 0 Å². The third kappa shape index (κ3) is 10.4. The van der Waals surface area contributed by atoms with Crippen LogP contribution in [0.15, 0.2) is 48.5 Å². The van der Waals surface area contributed by atoms with E-state index in [-0.39, 0.29) is 31.2 Å². The summed E-state index contributed by atoms with van der Waals surface area (Å²) in [5, 5.41) is 43.8. The maximum Gasteiger partial charge on any atom is 0.414 e. The number of benzene rings is 3. The highest BCUT2D eigenvalue weighted by atomic mass is 16.7. The number of methoxy groups -OCH3 is 1. The van der Waals surface area contributed by atoms with Gasteiger partial charge in [-0.05, 0) is 62.3 Å². The van der Waals surface area contributed by atoms with Crippen LogP contribution in [-0.2, 0) is 44.8 Å². The lowest BCUT2D eigenvalue weighted by Gasteiger charge is -2.44. The van der Waals surface area contributed by atoms with Gasteiger partial charge in [0.25, 0.3) is 0 Å². The Hall–Kier alpha value is -5.98. The molecule has 318 valence electrons. The normalized spacial score (nSPS) is 21.8. The van der Waals surface area contributed by atoms with E-state index in [9.17, 15) is 49.2 Å². The minimum atomic E-state index is -1.66. The predicted octanol–water partition coefficient (Wildman–Crippen LogP) is 4.08. The topological polar surface area (TPSA) is 271 Å². The van der Waals surface area contributed by atoms with Crippen molar-refractivity contribution in [2.24, 2.45) is 23.5 Å². The summed E-state index contributed by atoms with van der Waals surface area (Å²) in [5.41, 5.74) is 6.79. The number of rotatable bonds is 15. The first kappa shape index (κ1) is 44.1. The number of anilines is 2. The molecule has 0 bridgehead atoms. The highest BCUT2D eigenvalue weighted by Gasteiger charge is 2.52. The molecule has 3 aromatic carbocycles. The standard InChI is InChI=1S/C41H49N3O15/c1-20(42)37(52)43-28-11-10-21(12-31(28)57-39-27(15-34(50)51)25(13-32(46)47)26(14-33(48)49)36(58-39)38(53)55-5)19-56-30-16-29-35(24-9-7-6-8-23(24)30)22(18-45)17-44(29)40(54)59-41(2,3)4/h6-12,16,20,22,25-27,36,39,45H,13-15,17-19,42H2,1-5H3,(H,43,52)(H,46,47)(H,48,49)(H,50,51)/t20-,22-,25-,26-,27+,36-,39+/m0/s1. The molecule has 0 spiro atoms. The highest BCUT2D eigenvalue weighted by molar-refractivity contribution is 6.02. The first-order valence-electron chi connectivity index (χ1n) is 18.9. The molecule has 18 heteroatoms. The van der Waals surface area contributed by atoms with Crippen LogP contribution in [0.1, 0.15) is 64.0 Å². The zero-order chi connectivity index (χ0) is 43.3. The van der Waals surface area contributed by atoms with Gasteiger partial charge in [-0.25, -0.2) is 9.59 Å². The van der Waals surface area contributed by atoms with Crippen LogP contribution < -0.4 is 25.4 Å². The zero-order valence-corrected chi connectivity index (χ0v) is 33.2. The summed E-state index contributed by atoms with van der Waals surface area (Å²) in [5.74, 6) is -9.78. The largest absolute Gasteiger partial charge is 0.488 e. The number of carboxylic acids is 3. The van der Waals surface area contributed by atoms with E-state index in [1.807, 2.05) is 24.3 Å². The van der Waals surface area contributed by atoms with Crippen LogP contribution in [0.25, 0.3) is 10.8 Å². The van der Waals surface area contributed by atoms with Crippen LogP contribution >= 0.6 is 0 Å². The van der Waals surface area contributed by atoms with Crippen molar-refractivity contribution >= 4 is 58.0 Å². The fraction of sp³-hybridized carbons (Fsp3) is 0.463. The minimum Gasteiger partial charge on any atom is -0.488 e. The van der Waals surface area contributed by atoms with Gasteiger partial charge in [-0.2, -0.15) is 0 Å². The SMILES string of the molecule is COC(=O)[C@H]1O[C@@H](Oc2cc(COc3cc4c(c5ccccc35)[C@H](CO)CN4C(=O)OC(C)(C)C)ccc2NC(=O)[C@H](C)N)[C@H](CC(=O)O)[C@@H](CC(=O)O)[C@@H]1CC(=O)O. The van der Waals surface area contributed by atoms with E-state index in [2.05, 4.69) is 5.32 Å². The molecule has 5 rings (SSSR count). The maximum atomic E-state index is 13.4. The quantitative estimate of drug-likeness (QED) is 0.118. The molecule has 0 aliphatic carbocycles. The number of ether oxygens (including phenoxy) is 5. The molecular weight excluding hydrogens is 774 g/mol. The predicted molar refractivity (Wildman–Crippen MR) is 209 cm³/mol. The zero-order valence-electron chi connectivity index (χ0n) is 33.2. The molecule has 0 radical (unpaired) electrons. The number of nitrogens with zero attached hydrogens (tertiary/aromatic N) is 1. The van der Waals surface area contributed by atoms with Crippen molar-refractivity contribution in [3.8, 4) is 11.5 Å². The Morgan fingerprint density at radius 2 is 1.53 bits per heavy atom. The molecule has 59 heavy (non-hydrogen) atoms. The summed E-state index contributed by atoms with van der Waals surface area (Å²) >= 11 is 0. The highest BCUT2D eigenvalue weighted by Crippen LogP contribution is 2.46. The fourth-order valence-electron chi connectivity index (χ4n) is 7.53. The Balaban J connectivity index is 1.55. The Labute approximate surface area is 339 Å². The smallest absolute Gasteiger partial charge is 0.414 e. The fourth-order valence-corrected chi connectivity index (χ4v) is 7.53. The summed E-state index contributed by atoms with van der Waals surface area (Å²) in [6.45, 7) is 6.52. The van der Waals surface area contributed by atoms with E-state index in [4.69, 9.17) is 29.4 Å². The summed E-state index contributed by atoms with van der Waals surface area (Å²) < 4.78 is 29.2. The van der Waals surface area contributed by atoms with Crippen molar-refractivity contribution in [2.75, 3.05) is 30.5 Å². The van der Waals surface area contributed by atoms with Gasteiger partial charge < -0.3 is 55.2 Å². The third-order valence-corrected chi connectivity index (χ3v) is 10.1. The second kappa shape index (κ2) is 18.3. The maximum absolute atomic E-state index is 13.4. The molecule has 7 atom stereocenters. The molecule has 0 aromatic heterocycles. The first-order chi connectivity index (χ1) is 27.8. The Morgan fingerprint density at radius 3 is 2.12 bits per heavy atom. The molecule has 7 N–H and O–H groups in total. The van der Waals surface area contributed by atoms with Crippen LogP contribution in [0.5, 0.6) is 11.5 Å². The number of nitrogens with two attached hydrogens (primary N) is 1. The van der Waals surface area contributed by atoms with Crippen molar-refractivity contribution in [1.82, 2.24) is 0 Å². The van der Waals surface area contributed by atoms with Gasteiger partial charge >= 0.3 is 30.0 Å². The second-order valence-corrected chi connectivity index (χ2v) is 15.6. The van der Waals surface area contributed by atoms with Gasteiger partial charge in [-0.3, -0.25) is 24.1 Å². The molecule has 0 saturated carbocycles. The number of esters is 1. The van der Waals surface area contributed by atoms with Crippen molar-refractivity contribution < 1.29 is 72.9 Å². The van der Waals surface area contributed by atoms with Gasteiger partial charge in [0.05, 0.1) is 44.0 Å². The van der Waals surface area contributed by atoms with Crippen LogP contribution in [-0.4, -0.2) is 101 Å². The number of fused-ring (bicyclic) bond motifs is 3. The molecule has 1 saturated heterocycles. The van der Waals surface area contributed by atoms with Crippen molar-refractivity contribution in [3.63, 3.8) is 0 Å². The molecule has 1 fully saturated rings. The lowest BCUT2D eigenvalue weighted by atomic mass is 9.71. The number of aliphatic hydroxyl groups excluding tert-OH is 1. The Kier molecular flexibility index (Phi) is 13.7.